The summed E-state index contributed by atoms with van der Waals surface area (Å²) in [6, 6.07) is 6.68. The predicted octanol–water partition coefficient (Wildman–Crippen LogP) is 4.16. The Morgan fingerprint density at radius 1 is 1.19 bits per heavy atom. The molecule has 0 aliphatic carbocycles. The summed E-state index contributed by atoms with van der Waals surface area (Å²) >= 11 is 1.07. The molecule has 0 N–H and O–H groups in total. The number of pyridine rings is 2. The highest BCUT2D eigenvalue weighted by molar-refractivity contribution is 7.99. The highest BCUT2D eigenvalue weighted by atomic mass is 32.2. The Kier molecular flexibility index (Phi) is 5.36. The van der Waals surface area contributed by atoms with Crippen LogP contribution < -0.4 is 0 Å². The van der Waals surface area contributed by atoms with E-state index in [1.165, 1.54) is 39.9 Å². The zero-order valence-electron chi connectivity index (χ0n) is 17.2. The number of nitrogens with zero attached hydrogens (tertiary/aromatic N) is 7. The smallest absolute Gasteiger partial charge is 0.219 e. The van der Waals surface area contributed by atoms with Crippen LogP contribution in [0.2, 0.25) is 0 Å². The fourth-order valence-corrected chi connectivity index (χ4v) is 4.95. The van der Waals surface area contributed by atoms with E-state index in [2.05, 4.69) is 33.2 Å². The number of likely N-dealkylation sites (tertiary alicyclic amines) is 1. The van der Waals surface area contributed by atoms with Gasteiger partial charge in [-0.05, 0) is 51.2 Å². The minimum Gasteiger partial charge on any atom is -0.306 e. The van der Waals surface area contributed by atoms with Crippen molar-refractivity contribution in [2.45, 2.75) is 28.8 Å². The van der Waals surface area contributed by atoms with Gasteiger partial charge in [0.2, 0.25) is 5.95 Å². The maximum atomic E-state index is 15.4. The summed E-state index contributed by atoms with van der Waals surface area (Å²) in [4.78, 5) is 6.87. The van der Waals surface area contributed by atoms with Crippen molar-refractivity contribution in [2.75, 3.05) is 20.1 Å². The van der Waals surface area contributed by atoms with Crippen LogP contribution in [0.15, 0.2) is 52.9 Å². The Hall–Kier alpha value is -3.29. The van der Waals surface area contributed by atoms with Crippen LogP contribution in [0.4, 0.5) is 8.78 Å². The predicted molar refractivity (Wildman–Crippen MR) is 115 cm³/mol. The van der Waals surface area contributed by atoms with Crippen molar-refractivity contribution in [2.24, 2.45) is 0 Å². The monoisotopic (exact) mass is 451 g/mol. The van der Waals surface area contributed by atoms with Crippen molar-refractivity contribution in [3.8, 4) is 17.2 Å². The molecule has 1 saturated heterocycles. The number of halogens is 2. The van der Waals surface area contributed by atoms with Crippen molar-refractivity contribution in [1.82, 2.24) is 29.3 Å². The number of hydrogen-bond donors (Lipinski definition) is 0. The van der Waals surface area contributed by atoms with Gasteiger partial charge in [0.05, 0.1) is 35.1 Å². The molecule has 162 valence electrons. The van der Waals surface area contributed by atoms with Crippen molar-refractivity contribution < 1.29 is 8.78 Å². The molecular weight excluding hydrogens is 432 g/mol. The summed E-state index contributed by atoms with van der Waals surface area (Å²) in [5.74, 6) is -0.883. The first-order chi connectivity index (χ1) is 15.5. The fourth-order valence-electron chi connectivity index (χ4n) is 3.98. The van der Waals surface area contributed by atoms with Crippen LogP contribution in [-0.4, -0.2) is 49.4 Å². The molecule has 0 aromatic carbocycles. The number of hydrogen-bond acceptors (Lipinski definition) is 6. The summed E-state index contributed by atoms with van der Waals surface area (Å²) in [7, 11) is 2.06. The van der Waals surface area contributed by atoms with Gasteiger partial charge in [-0.1, -0.05) is 11.8 Å². The Bertz CT molecular complexity index is 1330. The first kappa shape index (κ1) is 20.6. The fraction of sp³-hybridized carbons (Fsp3) is 0.273. The number of nitriles is 1. The largest absolute Gasteiger partial charge is 0.306 e. The van der Waals surface area contributed by atoms with Gasteiger partial charge in [0.15, 0.2) is 5.82 Å². The van der Waals surface area contributed by atoms with Gasteiger partial charge in [-0.2, -0.15) is 19.8 Å². The van der Waals surface area contributed by atoms with Gasteiger partial charge in [0.1, 0.15) is 11.1 Å². The SMILES string of the molecule is CN1CCC(n2ncc(-c3cc(Sc4ncccc4F)c4c(C#N)cnn4c3)c2F)CC1. The third kappa shape index (κ3) is 3.63. The van der Waals surface area contributed by atoms with E-state index in [0.29, 0.717) is 27.1 Å². The second-order valence-corrected chi connectivity index (χ2v) is 8.81. The Morgan fingerprint density at radius 3 is 2.75 bits per heavy atom. The minimum absolute atomic E-state index is 0.00929. The second-order valence-electron chi connectivity index (χ2n) is 7.78. The van der Waals surface area contributed by atoms with Crippen LogP contribution in [0.5, 0.6) is 0 Å². The molecule has 10 heteroatoms. The average molecular weight is 452 g/mol. The van der Waals surface area contributed by atoms with Crippen molar-refractivity contribution in [3.05, 3.63) is 60.3 Å². The first-order valence-electron chi connectivity index (χ1n) is 10.2. The Morgan fingerprint density at radius 2 is 2.00 bits per heavy atom. The number of aromatic nitrogens is 5. The zero-order chi connectivity index (χ0) is 22.2. The summed E-state index contributed by atoms with van der Waals surface area (Å²) in [6.07, 6.45) is 7.78. The lowest BCUT2D eigenvalue weighted by molar-refractivity contribution is 0.200. The molecule has 4 aromatic rings. The van der Waals surface area contributed by atoms with Gasteiger partial charge in [-0.25, -0.2) is 18.6 Å². The van der Waals surface area contributed by atoms with E-state index >= 15 is 4.39 Å². The summed E-state index contributed by atoms with van der Waals surface area (Å²) in [6.45, 7) is 1.79. The van der Waals surface area contributed by atoms with Gasteiger partial charge in [0.25, 0.3) is 0 Å². The molecule has 5 rings (SSSR count). The molecule has 0 spiro atoms. The lowest BCUT2D eigenvalue weighted by Crippen LogP contribution is -2.32. The van der Waals surface area contributed by atoms with Gasteiger partial charge in [-0.15, -0.1) is 0 Å². The maximum absolute atomic E-state index is 15.4. The lowest BCUT2D eigenvalue weighted by atomic mass is 10.1. The normalized spacial score (nSPS) is 15.3. The molecule has 0 saturated carbocycles. The molecule has 0 radical (unpaired) electrons. The van der Waals surface area contributed by atoms with Crippen molar-refractivity contribution >= 4 is 17.3 Å². The van der Waals surface area contributed by atoms with Crippen LogP contribution in [0.3, 0.4) is 0 Å². The molecule has 0 bridgehead atoms. The second kappa shape index (κ2) is 8.33. The number of rotatable bonds is 4. The third-order valence-electron chi connectivity index (χ3n) is 5.71. The quantitative estimate of drug-likeness (QED) is 0.464. The lowest BCUT2D eigenvalue weighted by Gasteiger charge is -2.29. The summed E-state index contributed by atoms with van der Waals surface area (Å²) < 4.78 is 32.7. The molecular formula is C22H19F2N7S. The van der Waals surface area contributed by atoms with Crippen molar-refractivity contribution in [1.29, 1.82) is 5.26 Å². The number of fused-ring (bicyclic) bond motifs is 1. The molecule has 4 aromatic heterocycles. The standard InChI is InChI=1S/C22H19F2N7S/c1-29-7-4-16(5-8-29)31-21(24)17(12-28-31)14-9-19(32-22-18(23)3-2-6-26-22)20-15(10-25)11-27-30(20)13-14/h2-3,6,9,11-13,16H,4-5,7-8H2,1H3. The topological polar surface area (TPSA) is 75.0 Å². The van der Waals surface area contributed by atoms with E-state index in [4.69, 9.17) is 0 Å². The highest BCUT2D eigenvalue weighted by Gasteiger charge is 2.24. The molecule has 1 aliphatic rings. The van der Waals surface area contributed by atoms with E-state index in [1.807, 2.05) is 0 Å². The Labute approximate surface area is 187 Å². The third-order valence-corrected chi connectivity index (χ3v) is 6.73. The molecule has 0 unspecified atom stereocenters. The van der Waals surface area contributed by atoms with E-state index < -0.39 is 11.8 Å². The molecule has 32 heavy (non-hydrogen) atoms. The van der Waals surface area contributed by atoms with Crippen molar-refractivity contribution in [3.63, 3.8) is 0 Å². The van der Waals surface area contributed by atoms with Crippen LogP contribution in [-0.2, 0) is 0 Å². The Balaban J connectivity index is 1.59. The van der Waals surface area contributed by atoms with Crippen LogP contribution in [0.1, 0.15) is 24.4 Å². The zero-order valence-corrected chi connectivity index (χ0v) is 18.1. The molecule has 5 heterocycles. The van der Waals surface area contributed by atoms with E-state index in [-0.39, 0.29) is 11.1 Å². The summed E-state index contributed by atoms with van der Waals surface area (Å²) in [5, 5.41) is 18.2. The number of piperidine rings is 1. The van der Waals surface area contributed by atoms with Gasteiger partial charge in [0, 0.05) is 22.9 Å². The van der Waals surface area contributed by atoms with Gasteiger partial charge < -0.3 is 4.90 Å². The molecule has 1 aliphatic heterocycles. The molecule has 1 fully saturated rings. The van der Waals surface area contributed by atoms with Gasteiger partial charge in [-0.3, -0.25) is 0 Å². The minimum atomic E-state index is -0.472. The van der Waals surface area contributed by atoms with Crippen LogP contribution in [0, 0.1) is 23.1 Å². The van der Waals surface area contributed by atoms with E-state index in [0.717, 1.165) is 37.7 Å². The maximum Gasteiger partial charge on any atom is 0.219 e. The van der Waals surface area contributed by atoms with E-state index in [1.54, 1.807) is 12.3 Å². The molecule has 0 atom stereocenters. The average Bonchev–Trinajstić information content (AvgIpc) is 3.39. The first-order valence-corrected chi connectivity index (χ1v) is 11.0. The van der Waals surface area contributed by atoms with Crippen LogP contribution >= 0.6 is 11.8 Å². The summed E-state index contributed by atoms with van der Waals surface area (Å²) in [5.41, 5.74) is 1.75. The van der Waals surface area contributed by atoms with Crippen LogP contribution in [0.25, 0.3) is 16.6 Å². The van der Waals surface area contributed by atoms with Gasteiger partial charge >= 0.3 is 0 Å². The highest BCUT2D eigenvalue weighted by Crippen LogP contribution is 2.37. The van der Waals surface area contributed by atoms with E-state index in [9.17, 15) is 9.65 Å². The molecule has 0 amide bonds. The molecule has 7 nitrogen and oxygen atoms in total.